The molecule has 4 nitrogen and oxygen atoms in total. The first kappa shape index (κ1) is 13.7. The Morgan fingerprint density at radius 1 is 1.14 bits per heavy atom. The fourth-order valence-corrected chi connectivity index (χ4v) is 2.51. The van der Waals surface area contributed by atoms with E-state index in [1.165, 1.54) is 0 Å². The Kier molecular flexibility index (Phi) is 3.90. The van der Waals surface area contributed by atoms with Crippen molar-refractivity contribution in [3.05, 3.63) is 65.9 Å². The zero-order chi connectivity index (χ0) is 14.7. The molecule has 0 aliphatic carbocycles. The molecule has 0 aliphatic heterocycles. The highest BCUT2D eigenvalue weighted by Gasteiger charge is 2.17. The van der Waals surface area contributed by atoms with Crippen molar-refractivity contribution in [2.75, 3.05) is 6.61 Å². The third-order valence-corrected chi connectivity index (χ3v) is 3.51. The molecule has 1 unspecified atom stereocenters. The van der Waals surface area contributed by atoms with Crippen LogP contribution in [0.15, 0.2) is 59.2 Å². The van der Waals surface area contributed by atoms with Crippen molar-refractivity contribution >= 4 is 11.0 Å². The Morgan fingerprint density at radius 3 is 2.62 bits per heavy atom. The van der Waals surface area contributed by atoms with Crippen molar-refractivity contribution in [1.29, 1.82) is 0 Å². The van der Waals surface area contributed by atoms with Crippen LogP contribution in [-0.4, -0.2) is 6.61 Å². The van der Waals surface area contributed by atoms with E-state index in [2.05, 4.69) is 5.43 Å². The molecule has 3 N–H and O–H groups in total. The van der Waals surface area contributed by atoms with Crippen molar-refractivity contribution in [3.63, 3.8) is 0 Å². The number of benzene rings is 2. The monoisotopic (exact) mass is 282 g/mol. The SMILES string of the molecule is CCOc1ccc(C(NN)c2coc3ccccc23)cc1. The van der Waals surface area contributed by atoms with Gasteiger partial charge < -0.3 is 9.15 Å². The molecule has 0 saturated carbocycles. The minimum atomic E-state index is -0.121. The molecule has 21 heavy (non-hydrogen) atoms. The highest BCUT2D eigenvalue weighted by atomic mass is 16.5. The van der Waals surface area contributed by atoms with Gasteiger partial charge in [-0.25, -0.2) is 5.43 Å². The zero-order valence-electron chi connectivity index (χ0n) is 11.9. The maximum atomic E-state index is 5.76. The van der Waals surface area contributed by atoms with E-state index in [0.717, 1.165) is 27.8 Å². The fourth-order valence-electron chi connectivity index (χ4n) is 2.51. The Bertz CT molecular complexity index is 719. The van der Waals surface area contributed by atoms with Crippen LogP contribution in [-0.2, 0) is 0 Å². The first-order valence-electron chi connectivity index (χ1n) is 6.98. The first-order valence-corrected chi connectivity index (χ1v) is 6.98. The van der Waals surface area contributed by atoms with Gasteiger partial charge in [0, 0.05) is 10.9 Å². The fraction of sp³-hybridized carbons (Fsp3) is 0.176. The smallest absolute Gasteiger partial charge is 0.134 e. The van der Waals surface area contributed by atoms with Crippen LogP contribution in [0.2, 0.25) is 0 Å². The second kappa shape index (κ2) is 5.99. The van der Waals surface area contributed by atoms with Gasteiger partial charge in [-0.3, -0.25) is 5.84 Å². The number of para-hydroxylation sites is 1. The summed E-state index contributed by atoms with van der Waals surface area (Å²) in [6, 6.07) is 15.7. The minimum Gasteiger partial charge on any atom is -0.494 e. The lowest BCUT2D eigenvalue weighted by atomic mass is 9.99. The number of furan rings is 1. The molecular weight excluding hydrogens is 264 g/mol. The average Bonchev–Trinajstić information content (AvgIpc) is 2.94. The maximum absolute atomic E-state index is 5.76. The molecule has 0 bridgehead atoms. The number of fused-ring (bicyclic) bond motifs is 1. The highest BCUT2D eigenvalue weighted by Crippen LogP contribution is 2.30. The van der Waals surface area contributed by atoms with E-state index in [9.17, 15) is 0 Å². The van der Waals surface area contributed by atoms with Crippen LogP contribution in [0.3, 0.4) is 0 Å². The van der Waals surface area contributed by atoms with E-state index >= 15 is 0 Å². The molecule has 0 saturated heterocycles. The van der Waals surface area contributed by atoms with E-state index in [1.807, 2.05) is 55.5 Å². The van der Waals surface area contributed by atoms with Gasteiger partial charge in [-0.05, 0) is 30.7 Å². The number of hydrazine groups is 1. The summed E-state index contributed by atoms with van der Waals surface area (Å²) in [6.45, 7) is 2.63. The molecule has 3 aromatic rings. The first-order chi connectivity index (χ1) is 10.3. The summed E-state index contributed by atoms with van der Waals surface area (Å²) < 4.78 is 11.1. The topological polar surface area (TPSA) is 60.4 Å². The van der Waals surface area contributed by atoms with Crippen molar-refractivity contribution in [3.8, 4) is 5.75 Å². The number of hydrogen-bond donors (Lipinski definition) is 2. The van der Waals surface area contributed by atoms with Gasteiger partial charge in [0.25, 0.3) is 0 Å². The molecule has 0 radical (unpaired) electrons. The van der Waals surface area contributed by atoms with Crippen LogP contribution >= 0.6 is 0 Å². The van der Waals surface area contributed by atoms with Gasteiger partial charge in [-0.2, -0.15) is 0 Å². The Balaban J connectivity index is 1.97. The van der Waals surface area contributed by atoms with Crippen LogP contribution < -0.4 is 16.0 Å². The zero-order valence-corrected chi connectivity index (χ0v) is 11.9. The molecule has 1 heterocycles. The van der Waals surface area contributed by atoms with Crippen LogP contribution in [0.25, 0.3) is 11.0 Å². The summed E-state index contributed by atoms with van der Waals surface area (Å²) in [6.07, 6.45) is 1.76. The van der Waals surface area contributed by atoms with Crippen LogP contribution in [0.4, 0.5) is 0 Å². The van der Waals surface area contributed by atoms with Crippen LogP contribution in [0.5, 0.6) is 5.75 Å². The number of nitrogens with one attached hydrogen (secondary N) is 1. The lowest BCUT2D eigenvalue weighted by Crippen LogP contribution is -2.28. The molecule has 4 heteroatoms. The molecule has 1 atom stereocenters. The molecule has 1 aromatic heterocycles. The summed E-state index contributed by atoms with van der Waals surface area (Å²) in [5.41, 5.74) is 5.81. The second-order valence-electron chi connectivity index (χ2n) is 4.79. The standard InChI is InChI=1S/C17H18N2O2/c1-2-20-13-9-7-12(8-10-13)17(19-18)15-11-21-16-6-4-3-5-14(15)16/h3-11,17,19H,2,18H2,1H3. The highest BCUT2D eigenvalue weighted by molar-refractivity contribution is 5.81. The molecule has 0 amide bonds. The number of ether oxygens (including phenoxy) is 1. The molecule has 0 spiro atoms. The summed E-state index contributed by atoms with van der Waals surface area (Å²) in [5.74, 6) is 6.62. The van der Waals surface area contributed by atoms with Gasteiger partial charge in [0.15, 0.2) is 0 Å². The van der Waals surface area contributed by atoms with Crippen molar-refractivity contribution < 1.29 is 9.15 Å². The third kappa shape index (κ3) is 2.63. The van der Waals surface area contributed by atoms with Crippen LogP contribution in [0.1, 0.15) is 24.1 Å². The molecule has 0 aliphatic rings. The molecule has 108 valence electrons. The number of hydrogen-bond acceptors (Lipinski definition) is 4. The summed E-state index contributed by atoms with van der Waals surface area (Å²) in [5, 5.41) is 1.06. The molecule has 2 aromatic carbocycles. The molecule has 3 rings (SSSR count). The maximum Gasteiger partial charge on any atom is 0.134 e. The third-order valence-electron chi connectivity index (χ3n) is 3.51. The van der Waals surface area contributed by atoms with Gasteiger partial charge in [-0.1, -0.05) is 30.3 Å². The van der Waals surface area contributed by atoms with E-state index in [0.29, 0.717) is 6.61 Å². The van der Waals surface area contributed by atoms with Gasteiger partial charge >= 0.3 is 0 Å². The van der Waals surface area contributed by atoms with Gasteiger partial charge in [0.1, 0.15) is 11.3 Å². The second-order valence-corrected chi connectivity index (χ2v) is 4.79. The largest absolute Gasteiger partial charge is 0.494 e. The van der Waals surface area contributed by atoms with E-state index in [1.54, 1.807) is 6.26 Å². The summed E-state index contributed by atoms with van der Waals surface area (Å²) >= 11 is 0. The lowest BCUT2D eigenvalue weighted by Gasteiger charge is -2.16. The minimum absolute atomic E-state index is 0.121. The van der Waals surface area contributed by atoms with Gasteiger partial charge in [-0.15, -0.1) is 0 Å². The van der Waals surface area contributed by atoms with Gasteiger partial charge in [0.2, 0.25) is 0 Å². The summed E-state index contributed by atoms with van der Waals surface area (Å²) in [7, 11) is 0. The van der Waals surface area contributed by atoms with E-state index in [-0.39, 0.29) is 6.04 Å². The quantitative estimate of drug-likeness (QED) is 0.556. The van der Waals surface area contributed by atoms with Crippen molar-refractivity contribution in [2.45, 2.75) is 13.0 Å². The average molecular weight is 282 g/mol. The lowest BCUT2D eigenvalue weighted by molar-refractivity contribution is 0.340. The van der Waals surface area contributed by atoms with Gasteiger partial charge in [0.05, 0.1) is 18.9 Å². The molecular formula is C17H18N2O2. The van der Waals surface area contributed by atoms with Crippen molar-refractivity contribution in [2.24, 2.45) is 5.84 Å². The van der Waals surface area contributed by atoms with Crippen molar-refractivity contribution in [1.82, 2.24) is 5.43 Å². The summed E-state index contributed by atoms with van der Waals surface area (Å²) in [4.78, 5) is 0. The molecule has 0 fully saturated rings. The Hall–Kier alpha value is -2.30. The Labute approximate surface area is 123 Å². The predicted octanol–water partition coefficient (Wildman–Crippen LogP) is 3.38. The number of rotatable bonds is 5. The normalized spacial score (nSPS) is 12.5. The van der Waals surface area contributed by atoms with E-state index in [4.69, 9.17) is 15.0 Å². The van der Waals surface area contributed by atoms with E-state index < -0.39 is 0 Å². The van der Waals surface area contributed by atoms with Crippen LogP contribution in [0, 0.1) is 0 Å². The number of nitrogens with two attached hydrogens (primary N) is 1. The Morgan fingerprint density at radius 2 is 1.90 bits per heavy atom. The predicted molar refractivity (Wildman–Crippen MR) is 83.0 cm³/mol.